The molecular weight excluding hydrogens is 269 g/mol. The third-order valence-electron chi connectivity index (χ3n) is 2.03. The summed E-state index contributed by atoms with van der Waals surface area (Å²) in [4.78, 5) is 21.7. The van der Waals surface area contributed by atoms with Gasteiger partial charge in [0, 0.05) is 12.1 Å². The number of benzene rings is 1. The number of halogens is 3. The lowest BCUT2D eigenvalue weighted by Gasteiger charge is -2.13. The molecule has 0 aromatic heterocycles. The van der Waals surface area contributed by atoms with Gasteiger partial charge in [-0.25, -0.2) is 22.8 Å². The molecule has 0 saturated carbocycles. The van der Waals surface area contributed by atoms with E-state index in [1.165, 1.54) is 0 Å². The number of hydrogen-bond acceptors (Lipinski definition) is 3. The minimum absolute atomic E-state index is 0.347. The lowest BCUT2D eigenvalue weighted by atomic mass is 10.3. The summed E-state index contributed by atoms with van der Waals surface area (Å²) in [6.45, 7) is -0.906. The van der Waals surface area contributed by atoms with E-state index in [2.05, 4.69) is 0 Å². The summed E-state index contributed by atoms with van der Waals surface area (Å²) in [5, 5.41) is 20.6. The Balaban J connectivity index is 2.80. The molecule has 1 aromatic rings. The number of carboxylic acids is 1. The predicted octanol–water partition coefficient (Wildman–Crippen LogP) is 0.671. The van der Waals surface area contributed by atoms with Crippen molar-refractivity contribution in [1.82, 2.24) is 5.32 Å². The van der Waals surface area contributed by atoms with Crippen LogP contribution in [0.4, 0.5) is 23.7 Å². The molecule has 1 aromatic carbocycles. The lowest BCUT2D eigenvalue weighted by Crippen LogP contribution is -2.45. The standard InChI is InChI=1S/C10H9F3N2O4/c11-4-1-5(12)8(6(13)2-4)15-10(19)14-7(3-16)9(17)18/h1-2,7,16H,3H2,(H,17,18)(H2,14,15,19). The van der Waals surface area contributed by atoms with Gasteiger partial charge in [0.15, 0.2) is 17.7 Å². The van der Waals surface area contributed by atoms with Crippen LogP contribution >= 0.6 is 0 Å². The number of aliphatic hydroxyl groups excluding tert-OH is 1. The molecule has 2 amide bonds. The summed E-state index contributed by atoms with van der Waals surface area (Å²) in [6, 6.07) is -2.20. The normalized spacial score (nSPS) is 11.8. The monoisotopic (exact) mass is 278 g/mol. The zero-order valence-electron chi connectivity index (χ0n) is 9.28. The fraction of sp³-hybridized carbons (Fsp3) is 0.200. The van der Waals surface area contributed by atoms with E-state index in [1.54, 1.807) is 10.6 Å². The van der Waals surface area contributed by atoms with E-state index in [0.29, 0.717) is 12.1 Å². The van der Waals surface area contributed by atoms with Gasteiger partial charge in [0.2, 0.25) is 0 Å². The number of carboxylic acid groups (broad SMARTS) is 1. The average molecular weight is 278 g/mol. The molecule has 104 valence electrons. The molecule has 1 atom stereocenters. The second-order valence-electron chi connectivity index (χ2n) is 3.42. The summed E-state index contributed by atoms with van der Waals surface area (Å²) >= 11 is 0. The predicted molar refractivity (Wildman–Crippen MR) is 57.0 cm³/mol. The van der Waals surface area contributed by atoms with Gasteiger partial charge in [-0.3, -0.25) is 0 Å². The second-order valence-corrected chi connectivity index (χ2v) is 3.42. The Labute approximate surface area is 104 Å². The Morgan fingerprint density at radius 1 is 1.21 bits per heavy atom. The number of aliphatic hydroxyl groups is 1. The van der Waals surface area contributed by atoms with E-state index >= 15 is 0 Å². The molecule has 0 aliphatic carbocycles. The zero-order valence-corrected chi connectivity index (χ0v) is 9.28. The molecule has 0 aliphatic rings. The van der Waals surface area contributed by atoms with Crippen LogP contribution in [0.1, 0.15) is 0 Å². The zero-order chi connectivity index (χ0) is 14.6. The number of aliphatic carboxylic acids is 1. The molecule has 0 aliphatic heterocycles. The molecule has 9 heteroatoms. The van der Waals surface area contributed by atoms with Crippen LogP contribution in [0.25, 0.3) is 0 Å². The van der Waals surface area contributed by atoms with Gasteiger partial charge in [0.25, 0.3) is 0 Å². The van der Waals surface area contributed by atoms with Gasteiger partial charge in [-0.1, -0.05) is 0 Å². The molecular formula is C10H9F3N2O4. The summed E-state index contributed by atoms with van der Waals surface area (Å²) in [7, 11) is 0. The molecule has 1 rings (SSSR count). The van der Waals surface area contributed by atoms with Crippen molar-refractivity contribution < 1.29 is 33.0 Å². The van der Waals surface area contributed by atoms with Gasteiger partial charge in [-0.15, -0.1) is 0 Å². The van der Waals surface area contributed by atoms with Crippen LogP contribution in [0.2, 0.25) is 0 Å². The van der Waals surface area contributed by atoms with E-state index in [-0.39, 0.29) is 0 Å². The number of carbonyl (C=O) groups is 2. The SMILES string of the molecule is O=C(Nc1c(F)cc(F)cc1F)NC(CO)C(=O)O. The van der Waals surface area contributed by atoms with Crippen molar-refractivity contribution >= 4 is 17.7 Å². The maximum atomic E-state index is 13.2. The number of hydrogen-bond donors (Lipinski definition) is 4. The third kappa shape index (κ3) is 3.85. The first-order chi connectivity index (χ1) is 8.85. The van der Waals surface area contributed by atoms with Gasteiger partial charge in [0.05, 0.1) is 6.61 Å². The maximum absolute atomic E-state index is 13.2. The van der Waals surface area contributed by atoms with Crippen molar-refractivity contribution in [3.63, 3.8) is 0 Å². The van der Waals surface area contributed by atoms with Gasteiger partial charge in [-0.05, 0) is 0 Å². The molecule has 0 saturated heterocycles. The lowest BCUT2D eigenvalue weighted by molar-refractivity contribution is -0.140. The van der Waals surface area contributed by atoms with E-state index < -0.39 is 47.8 Å². The minimum Gasteiger partial charge on any atom is -0.480 e. The quantitative estimate of drug-likeness (QED) is 0.650. The topological polar surface area (TPSA) is 98.7 Å². The molecule has 19 heavy (non-hydrogen) atoms. The number of carbonyl (C=O) groups excluding carboxylic acids is 1. The Kier molecular flexibility index (Phi) is 4.70. The first kappa shape index (κ1) is 14.8. The number of amides is 2. The van der Waals surface area contributed by atoms with Crippen molar-refractivity contribution in [3.05, 3.63) is 29.6 Å². The smallest absolute Gasteiger partial charge is 0.328 e. The summed E-state index contributed by atoms with van der Waals surface area (Å²) in [5.74, 6) is -5.41. The fourth-order valence-corrected chi connectivity index (χ4v) is 1.15. The van der Waals surface area contributed by atoms with E-state index in [9.17, 15) is 22.8 Å². The molecule has 4 N–H and O–H groups in total. The summed E-state index contributed by atoms with van der Waals surface area (Å²) < 4.78 is 38.9. The molecule has 0 fully saturated rings. The van der Waals surface area contributed by atoms with E-state index in [4.69, 9.17) is 10.2 Å². The average Bonchev–Trinajstić information content (AvgIpc) is 2.30. The van der Waals surface area contributed by atoms with Gasteiger partial charge in [-0.2, -0.15) is 0 Å². The Hall–Kier alpha value is -2.29. The van der Waals surface area contributed by atoms with Crippen LogP contribution in [0.3, 0.4) is 0 Å². The van der Waals surface area contributed by atoms with Gasteiger partial charge in [0.1, 0.15) is 11.5 Å². The minimum atomic E-state index is -1.63. The highest BCUT2D eigenvalue weighted by Crippen LogP contribution is 2.19. The highest BCUT2D eigenvalue weighted by molar-refractivity contribution is 5.92. The number of urea groups is 1. The molecule has 0 radical (unpaired) electrons. The largest absolute Gasteiger partial charge is 0.480 e. The van der Waals surface area contributed by atoms with Crippen molar-refractivity contribution in [3.8, 4) is 0 Å². The summed E-state index contributed by atoms with van der Waals surface area (Å²) in [6.07, 6.45) is 0. The molecule has 6 nitrogen and oxygen atoms in total. The van der Waals surface area contributed by atoms with Gasteiger partial charge >= 0.3 is 12.0 Å². The summed E-state index contributed by atoms with van der Waals surface area (Å²) in [5.41, 5.74) is -0.930. The first-order valence-corrected chi connectivity index (χ1v) is 4.91. The molecule has 0 heterocycles. The van der Waals surface area contributed by atoms with E-state index in [0.717, 1.165) is 0 Å². The molecule has 0 spiro atoms. The van der Waals surface area contributed by atoms with E-state index in [1.807, 2.05) is 0 Å². The van der Waals surface area contributed by atoms with Crippen LogP contribution in [0.5, 0.6) is 0 Å². The molecule has 0 bridgehead atoms. The van der Waals surface area contributed by atoms with Crippen molar-refractivity contribution in [2.75, 3.05) is 11.9 Å². The number of rotatable bonds is 4. The van der Waals surface area contributed by atoms with Crippen molar-refractivity contribution in [1.29, 1.82) is 0 Å². The highest BCUT2D eigenvalue weighted by Gasteiger charge is 2.20. The number of nitrogens with one attached hydrogen (secondary N) is 2. The number of anilines is 1. The van der Waals surface area contributed by atoms with Crippen LogP contribution in [-0.4, -0.2) is 34.9 Å². The highest BCUT2D eigenvalue weighted by atomic mass is 19.1. The Bertz CT molecular complexity index is 487. The first-order valence-electron chi connectivity index (χ1n) is 4.91. The fourth-order valence-electron chi connectivity index (χ4n) is 1.15. The third-order valence-corrected chi connectivity index (χ3v) is 2.03. The van der Waals surface area contributed by atoms with Crippen LogP contribution < -0.4 is 10.6 Å². The van der Waals surface area contributed by atoms with Gasteiger partial charge < -0.3 is 20.8 Å². The van der Waals surface area contributed by atoms with Crippen molar-refractivity contribution in [2.45, 2.75) is 6.04 Å². The maximum Gasteiger partial charge on any atom is 0.328 e. The van der Waals surface area contributed by atoms with Crippen molar-refractivity contribution in [2.24, 2.45) is 0 Å². The molecule has 1 unspecified atom stereocenters. The van der Waals surface area contributed by atoms with Crippen LogP contribution in [-0.2, 0) is 4.79 Å². The van der Waals surface area contributed by atoms with Crippen LogP contribution in [0, 0.1) is 17.5 Å². The Morgan fingerprint density at radius 3 is 2.16 bits per heavy atom. The Morgan fingerprint density at radius 2 is 1.74 bits per heavy atom. The van der Waals surface area contributed by atoms with Crippen LogP contribution in [0.15, 0.2) is 12.1 Å². The second kappa shape index (κ2) is 6.05.